The lowest BCUT2D eigenvalue weighted by Gasteiger charge is -2.25. The number of nitrogens with one attached hydrogen (secondary N) is 1. The fraction of sp³-hybridized carbons (Fsp3) is 0.0312. The van der Waals surface area contributed by atoms with Crippen LogP contribution < -0.4 is 5.32 Å². The van der Waals surface area contributed by atoms with Gasteiger partial charge in [0.2, 0.25) is 5.96 Å². The third kappa shape index (κ3) is 2.72. The Morgan fingerprint density at radius 1 is 0.639 bits per heavy atom. The van der Waals surface area contributed by atoms with Crippen molar-refractivity contribution in [3.8, 4) is 0 Å². The molecular formula is C32H21N3O. The topological polar surface area (TPSA) is 42.5 Å². The summed E-state index contributed by atoms with van der Waals surface area (Å²) in [6.07, 6.45) is 0. The SMILES string of the molecule is c1ccc(C2NC(n3c4ccccc4c4cc5ccccc5cc43)=Nc3c2oc2ccccc32)cc1. The van der Waals surface area contributed by atoms with Crippen LogP contribution in [0.5, 0.6) is 0 Å². The normalized spacial score (nSPS) is 15.3. The Bertz CT molecular complexity index is 1980. The molecule has 2 aromatic heterocycles. The van der Waals surface area contributed by atoms with E-state index >= 15 is 0 Å². The van der Waals surface area contributed by atoms with Crippen LogP contribution in [0.3, 0.4) is 0 Å². The first-order valence-electron chi connectivity index (χ1n) is 12.2. The van der Waals surface area contributed by atoms with Crippen LogP contribution in [0.15, 0.2) is 125 Å². The highest BCUT2D eigenvalue weighted by molar-refractivity contribution is 6.17. The summed E-state index contributed by atoms with van der Waals surface area (Å²) in [6.45, 7) is 0. The zero-order valence-electron chi connectivity index (χ0n) is 19.3. The molecule has 0 aliphatic carbocycles. The highest BCUT2D eigenvalue weighted by atomic mass is 16.3. The number of furan rings is 1. The molecule has 0 radical (unpaired) electrons. The van der Waals surface area contributed by atoms with E-state index < -0.39 is 0 Å². The van der Waals surface area contributed by atoms with Gasteiger partial charge in [-0.1, -0.05) is 84.9 Å². The van der Waals surface area contributed by atoms with Crippen molar-refractivity contribution in [2.24, 2.45) is 4.99 Å². The molecule has 170 valence electrons. The first-order valence-corrected chi connectivity index (χ1v) is 12.2. The lowest BCUT2D eigenvalue weighted by atomic mass is 10.0. The lowest BCUT2D eigenvalue weighted by Crippen LogP contribution is -2.36. The van der Waals surface area contributed by atoms with Crippen molar-refractivity contribution in [3.05, 3.63) is 127 Å². The Morgan fingerprint density at radius 2 is 1.33 bits per heavy atom. The van der Waals surface area contributed by atoms with E-state index in [0.29, 0.717) is 0 Å². The van der Waals surface area contributed by atoms with Gasteiger partial charge >= 0.3 is 0 Å². The molecule has 0 saturated carbocycles. The number of rotatable bonds is 1. The second-order valence-electron chi connectivity index (χ2n) is 9.30. The molecule has 36 heavy (non-hydrogen) atoms. The van der Waals surface area contributed by atoms with Gasteiger partial charge in [-0.25, -0.2) is 4.99 Å². The summed E-state index contributed by atoms with van der Waals surface area (Å²) in [5, 5.41) is 9.63. The number of aliphatic imine (C=N–C) groups is 1. The zero-order valence-corrected chi connectivity index (χ0v) is 19.3. The standard InChI is InChI=1S/C32H21N3O/c1-2-10-20(11-3-1)29-31-30(24-15-7-9-17-28(24)36-31)34-32(33-29)35-26-16-8-6-14-23(26)25-18-21-12-4-5-13-22(21)19-27(25)35/h1-19,29H,(H,33,34). The van der Waals surface area contributed by atoms with E-state index in [9.17, 15) is 0 Å². The maximum absolute atomic E-state index is 6.38. The summed E-state index contributed by atoms with van der Waals surface area (Å²) in [5.41, 5.74) is 5.13. The predicted molar refractivity (Wildman–Crippen MR) is 147 cm³/mol. The summed E-state index contributed by atoms with van der Waals surface area (Å²) in [4.78, 5) is 5.21. The molecular weight excluding hydrogens is 442 g/mol. The van der Waals surface area contributed by atoms with E-state index in [1.807, 2.05) is 24.3 Å². The van der Waals surface area contributed by atoms with Crippen molar-refractivity contribution in [1.82, 2.24) is 9.88 Å². The van der Waals surface area contributed by atoms with Gasteiger partial charge in [-0.05, 0) is 46.7 Å². The first-order chi connectivity index (χ1) is 17.8. The quantitative estimate of drug-likeness (QED) is 0.269. The third-order valence-corrected chi connectivity index (χ3v) is 7.23. The van der Waals surface area contributed by atoms with Crippen LogP contribution in [-0.2, 0) is 0 Å². The smallest absolute Gasteiger partial charge is 0.209 e. The number of benzene rings is 5. The predicted octanol–water partition coefficient (Wildman–Crippen LogP) is 7.92. The van der Waals surface area contributed by atoms with Crippen molar-refractivity contribution in [2.75, 3.05) is 0 Å². The van der Waals surface area contributed by atoms with Gasteiger partial charge < -0.3 is 9.73 Å². The molecule has 1 aliphatic rings. The highest BCUT2D eigenvalue weighted by Crippen LogP contribution is 2.42. The van der Waals surface area contributed by atoms with Crippen LogP contribution in [0, 0.1) is 0 Å². The Hall–Kier alpha value is -4.83. The van der Waals surface area contributed by atoms with Crippen LogP contribution in [0.25, 0.3) is 43.5 Å². The molecule has 0 saturated heterocycles. The van der Waals surface area contributed by atoms with Crippen LogP contribution in [0.4, 0.5) is 5.69 Å². The zero-order chi connectivity index (χ0) is 23.6. The molecule has 4 heteroatoms. The number of hydrogen-bond donors (Lipinski definition) is 1. The minimum atomic E-state index is -0.155. The molecule has 8 rings (SSSR count). The third-order valence-electron chi connectivity index (χ3n) is 7.23. The van der Waals surface area contributed by atoms with Gasteiger partial charge in [0.15, 0.2) is 5.76 Å². The lowest BCUT2D eigenvalue weighted by molar-refractivity contribution is 0.501. The van der Waals surface area contributed by atoms with Gasteiger partial charge in [0, 0.05) is 16.2 Å². The summed E-state index contributed by atoms with van der Waals surface area (Å²) >= 11 is 0. The van der Waals surface area contributed by atoms with Gasteiger partial charge in [-0.3, -0.25) is 4.57 Å². The van der Waals surface area contributed by atoms with Crippen molar-refractivity contribution >= 4 is 55.2 Å². The van der Waals surface area contributed by atoms with Crippen LogP contribution in [0.2, 0.25) is 0 Å². The molecule has 0 spiro atoms. The number of hydrogen-bond acceptors (Lipinski definition) is 3. The van der Waals surface area contributed by atoms with E-state index in [1.165, 1.54) is 21.5 Å². The number of para-hydroxylation sites is 2. The van der Waals surface area contributed by atoms with Crippen LogP contribution in [0.1, 0.15) is 17.4 Å². The van der Waals surface area contributed by atoms with E-state index in [1.54, 1.807) is 0 Å². The maximum Gasteiger partial charge on any atom is 0.209 e. The highest BCUT2D eigenvalue weighted by Gasteiger charge is 2.31. The molecule has 7 aromatic rings. The first kappa shape index (κ1) is 19.5. The number of nitrogens with zero attached hydrogens (tertiary/aromatic N) is 2. The monoisotopic (exact) mass is 463 g/mol. The van der Waals surface area contributed by atoms with Gasteiger partial charge in [0.1, 0.15) is 17.3 Å². The summed E-state index contributed by atoms with van der Waals surface area (Å²) in [7, 11) is 0. The molecule has 1 N–H and O–H groups in total. The average Bonchev–Trinajstić information content (AvgIpc) is 3.47. The number of fused-ring (bicyclic) bond motifs is 7. The Kier molecular flexibility index (Phi) is 3.97. The van der Waals surface area contributed by atoms with E-state index in [0.717, 1.165) is 45.0 Å². The second-order valence-corrected chi connectivity index (χ2v) is 9.30. The van der Waals surface area contributed by atoms with Crippen molar-refractivity contribution in [3.63, 3.8) is 0 Å². The molecule has 1 atom stereocenters. The fourth-order valence-electron chi connectivity index (χ4n) is 5.57. The van der Waals surface area contributed by atoms with Crippen LogP contribution in [-0.4, -0.2) is 10.5 Å². The molecule has 0 amide bonds. The Labute approximate surface area is 207 Å². The van der Waals surface area contributed by atoms with Crippen molar-refractivity contribution in [2.45, 2.75) is 6.04 Å². The van der Waals surface area contributed by atoms with E-state index in [-0.39, 0.29) is 6.04 Å². The van der Waals surface area contributed by atoms with Gasteiger partial charge in [0.05, 0.1) is 11.0 Å². The minimum Gasteiger partial charge on any atom is -0.456 e. The number of aromatic nitrogens is 1. The van der Waals surface area contributed by atoms with E-state index in [2.05, 4.69) is 101 Å². The van der Waals surface area contributed by atoms with Gasteiger partial charge in [0.25, 0.3) is 0 Å². The summed E-state index contributed by atoms with van der Waals surface area (Å²) < 4.78 is 8.64. The van der Waals surface area contributed by atoms with Gasteiger partial charge in [-0.2, -0.15) is 0 Å². The Morgan fingerprint density at radius 3 is 2.19 bits per heavy atom. The summed E-state index contributed by atoms with van der Waals surface area (Å²) in [6, 6.07) is 40.1. The molecule has 0 bridgehead atoms. The largest absolute Gasteiger partial charge is 0.456 e. The van der Waals surface area contributed by atoms with Crippen LogP contribution >= 0.6 is 0 Å². The maximum atomic E-state index is 6.38. The molecule has 1 aliphatic heterocycles. The molecule has 4 nitrogen and oxygen atoms in total. The van der Waals surface area contributed by atoms with Crippen molar-refractivity contribution in [1.29, 1.82) is 0 Å². The minimum absolute atomic E-state index is 0.155. The second kappa shape index (κ2) is 7.33. The molecule has 5 aromatic carbocycles. The molecule has 3 heterocycles. The molecule has 0 fully saturated rings. The van der Waals surface area contributed by atoms with Gasteiger partial charge in [-0.15, -0.1) is 0 Å². The fourth-order valence-corrected chi connectivity index (χ4v) is 5.57. The summed E-state index contributed by atoms with van der Waals surface area (Å²) in [5.74, 6) is 1.64. The average molecular weight is 464 g/mol. The Balaban J connectivity index is 1.46. The molecule has 1 unspecified atom stereocenters. The van der Waals surface area contributed by atoms with E-state index in [4.69, 9.17) is 9.41 Å². The van der Waals surface area contributed by atoms with Crippen molar-refractivity contribution < 1.29 is 4.42 Å².